The molecule has 0 aliphatic heterocycles. The number of nitrogens with one attached hydrogen (secondary N) is 1. The highest BCUT2D eigenvalue weighted by Crippen LogP contribution is 2.29. The van der Waals surface area contributed by atoms with Gasteiger partial charge in [0.15, 0.2) is 0 Å². The maximum atomic E-state index is 11.9. The highest BCUT2D eigenvalue weighted by molar-refractivity contribution is 5.72. The summed E-state index contributed by atoms with van der Waals surface area (Å²) < 4.78 is 5.18. The molecule has 20 heavy (non-hydrogen) atoms. The molecule has 0 bridgehead atoms. The van der Waals surface area contributed by atoms with Gasteiger partial charge < -0.3 is 10.1 Å². The largest absolute Gasteiger partial charge is 0.466 e. The highest BCUT2D eigenvalue weighted by Gasteiger charge is 2.30. The van der Waals surface area contributed by atoms with E-state index in [4.69, 9.17) is 4.74 Å². The lowest BCUT2D eigenvalue weighted by atomic mass is 9.82. The Morgan fingerprint density at radius 1 is 1.15 bits per heavy atom. The van der Waals surface area contributed by atoms with E-state index < -0.39 is 0 Å². The Hall–Kier alpha value is -0.570. The molecule has 116 valence electrons. The molecule has 0 amide bonds. The van der Waals surface area contributed by atoms with E-state index in [-0.39, 0.29) is 11.9 Å². The van der Waals surface area contributed by atoms with Gasteiger partial charge in [-0.25, -0.2) is 0 Å². The summed E-state index contributed by atoms with van der Waals surface area (Å²) in [5.74, 6) is 0.982. The van der Waals surface area contributed by atoms with Crippen LogP contribution in [0.3, 0.4) is 0 Å². The first kappa shape index (κ1) is 15.8. The lowest BCUT2D eigenvalue weighted by Crippen LogP contribution is -2.44. The van der Waals surface area contributed by atoms with Crippen LogP contribution in [-0.2, 0) is 9.53 Å². The number of rotatable bonds is 5. The van der Waals surface area contributed by atoms with Crippen LogP contribution in [0, 0.1) is 11.8 Å². The topological polar surface area (TPSA) is 38.3 Å². The Morgan fingerprint density at radius 2 is 1.90 bits per heavy atom. The van der Waals surface area contributed by atoms with E-state index in [1.54, 1.807) is 0 Å². The molecule has 3 atom stereocenters. The van der Waals surface area contributed by atoms with Crippen LogP contribution < -0.4 is 5.32 Å². The van der Waals surface area contributed by atoms with Gasteiger partial charge in [-0.2, -0.15) is 0 Å². The molecule has 2 aliphatic rings. The molecule has 2 rings (SSSR count). The molecule has 3 unspecified atom stereocenters. The molecule has 0 radical (unpaired) electrons. The zero-order valence-electron chi connectivity index (χ0n) is 13.2. The molecule has 0 aromatic rings. The molecule has 0 heterocycles. The standard InChI is InChI=1S/C17H31NO2/c1-3-20-17(19)15-10-7-11-16(12-15)18-13(2)14-8-5-4-6-9-14/h13-16,18H,3-12H2,1-2H3. The van der Waals surface area contributed by atoms with Crippen molar-refractivity contribution >= 4 is 5.97 Å². The molecular formula is C17H31NO2. The first-order chi connectivity index (χ1) is 9.70. The van der Waals surface area contributed by atoms with E-state index in [9.17, 15) is 4.79 Å². The summed E-state index contributed by atoms with van der Waals surface area (Å²) in [6.45, 7) is 4.73. The Kier molecular flexibility index (Phi) is 6.34. The number of hydrogen-bond donors (Lipinski definition) is 1. The zero-order valence-corrected chi connectivity index (χ0v) is 13.2. The highest BCUT2D eigenvalue weighted by atomic mass is 16.5. The van der Waals surface area contributed by atoms with Crippen molar-refractivity contribution < 1.29 is 9.53 Å². The fourth-order valence-corrected chi connectivity index (χ4v) is 3.96. The lowest BCUT2D eigenvalue weighted by Gasteiger charge is -2.35. The number of hydrogen-bond acceptors (Lipinski definition) is 3. The summed E-state index contributed by atoms with van der Waals surface area (Å²) in [5.41, 5.74) is 0. The minimum absolute atomic E-state index is 0.0179. The Morgan fingerprint density at radius 3 is 2.60 bits per heavy atom. The van der Waals surface area contributed by atoms with E-state index >= 15 is 0 Å². The van der Waals surface area contributed by atoms with Gasteiger partial charge in [0, 0.05) is 12.1 Å². The number of carbonyl (C=O) groups is 1. The molecule has 3 nitrogen and oxygen atoms in total. The third-order valence-electron chi connectivity index (χ3n) is 5.15. The van der Waals surface area contributed by atoms with Gasteiger partial charge in [0.05, 0.1) is 12.5 Å². The fourth-order valence-electron chi connectivity index (χ4n) is 3.96. The van der Waals surface area contributed by atoms with Crippen molar-refractivity contribution in [3.05, 3.63) is 0 Å². The Labute approximate surface area is 123 Å². The molecule has 0 saturated heterocycles. The minimum Gasteiger partial charge on any atom is -0.466 e. The molecular weight excluding hydrogens is 250 g/mol. The lowest BCUT2D eigenvalue weighted by molar-refractivity contribution is -0.149. The maximum absolute atomic E-state index is 11.9. The zero-order chi connectivity index (χ0) is 14.4. The summed E-state index contributed by atoms with van der Waals surface area (Å²) in [7, 11) is 0. The summed E-state index contributed by atoms with van der Waals surface area (Å²) in [6, 6.07) is 1.11. The maximum Gasteiger partial charge on any atom is 0.308 e. The van der Waals surface area contributed by atoms with Crippen molar-refractivity contribution in [3.63, 3.8) is 0 Å². The van der Waals surface area contributed by atoms with E-state index in [1.165, 1.54) is 38.5 Å². The first-order valence-corrected chi connectivity index (χ1v) is 8.63. The normalized spacial score (nSPS) is 29.9. The third kappa shape index (κ3) is 4.47. The van der Waals surface area contributed by atoms with Crippen molar-refractivity contribution in [2.75, 3.05) is 6.61 Å². The second-order valence-electron chi connectivity index (χ2n) is 6.67. The van der Waals surface area contributed by atoms with E-state index in [2.05, 4.69) is 12.2 Å². The number of carbonyl (C=O) groups excluding carboxylic acids is 1. The van der Waals surface area contributed by atoms with Crippen molar-refractivity contribution in [1.29, 1.82) is 0 Å². The van der Waals surface area contributed by atoms with E-state index in [0.717, 1.165) is 25.2 Å². The van der Waals surface area contributed by atoms with Gasteiger partial charge in [-0.3, -0.25) is 4.79 Å². The van der Waals surface area contributed by atoms with Crippen molar-refractivity contribution in [1.82, 2.24) is 5.32 Å². The first-order valence-electron chi connectivity index (χ1n) is 8.63. The molecule has 1 N–H and O–H groups in total. The molecule has 0 aromatic carbocycles. The van der Waals surface area contributed by atoms with Crippen molar-refractivity contribution in [2.24, 2.45) is 11.8 Å². The summed E-state index contributed by atoms with van der Waals surface area (Å²) in [5, 5.41) is 3.81. The number of ether oxygens (including phenoxy) is 1. The van der Waals surface area contributed by atoms with Crippen LogP contribution in [-0.4, -0.2) is 24.7 Å². The van der Waals surface area contributed by atoms with Gasteiger partial charge in [0.1, 0.15) is 0 Å². The molecule has 2 fully saturated rings. The molecule has 2 saturated carbocycles. The van der Waals surface area contributed by atoms with Gasteiger partial charge in [0.25, 0.3) is 0 Å². The molecule has 3 heteroatoms. The minimum atomic E-state index is 0.0179. The van der Waals surface area contributed by atoms with Crippen LogP contribution in [0.5, 0.6) is 0 Å². The van der Waals surface area contributed by atoms with E-state index in [0.29, 0.717) is 18.7 Å². The van der Waals surface area contributed by atoms with Crippen LogP contribution in [0.2, 0.25) is 0 Å². The summed E-state index contributed by atoms with van der Waals surface area (Å²) >= 11 is 0. The molecule has 0 aromatic heterocycles. The monoisotopic (exact) mass is 281 g/mol. The average molecular weight is 281 g/mol. The second kappa shape index (κ2) is 8.02. The SMILES string of the molecule is CCOC(=O)C1CCCC(NC(C)C2CCCCC2)C1. The van der Waals surface area contributed by atoms with Gasteiger partial charge in [-0.1, -0.05) is 25.7 Å². The van der Waals surface area contributed by atoms with Gasteiger partial charge in [-0.05, 0) is 51.9 Å². The van der Waals surface area contributed by atoms with Crippen LogP contribution in [0.4, 0.5) is 0 Å². The molecule has 2 aliphatic carbocycles. The predicted molar refractivity (Wildman–Crippen MR) is 81.6 cm³/mol. The summed E-state index contributed by atoms with van der Waals surface area (Å²) in [4.78, 5) is 11.9. The van der Waals surface area contributed by atoms with Crippen LogP contribution in [0.1, 0.15) is 71.6 Å². The van der Waals surface area contributed by atoms with Gasteiger partial charge >= 0.3 is 5.97 Å². The average Bonchev–Trinajstić information content (AvgIpc) is 2.48. The van der Waals surface area contributed by atoms with Gasteiger partial charge in [-0.15, -0.1) is 0 Å². The Bertz CT molecular complexity index is 299. The smallest absolute Gasteiger partial charge is 0.308 e. The summed E-state index contributed by atoms with van der Waals surface area (Å²) in [6.07, 6.45) is 11.3. The fraction of sp³-hybridized carbons (Fsp3) is 0.941. The molecule has 0 spiro atoms. The van der Waals surface area contributed by atoms with Crippen LogP contribution in [0.15, 0.2) is 0 Å². The van der Waals surface area contributed by atoms with Crippen molar-refractivity contribution in [3.8, 4) is 0 Å². The second-order valence-corrected chi connectivity index (χ2v) is 6.67. The third-order valence-corrected chi connectivity index (χ3v) is 5.15. The van der Waals surface area contributed by atoms with Gasteiger partial charge in [0.2, 0.25) is 0 Å². The Balaban J connectivity index is 1.78. The van der Waals surface area contributed by atoms with Crippen LogP contribution in [0.25, 0.3) is 0 Å². The van der Waals surface area contributed by atoms with E-state index in [1.807, 2.05) is 6.92 Å². The van der Waals surface area contributed by atoms with Crippen LogP contribution >= 0.6 is 0 Å². The predicted octanol–water partition coefficient (Wildman–Crippen LogP) is 3.67. The van der Waals surface area contributed by atoms with Crippen molar-refractivity contribution in [2.45, 2.75) is 83.7 Å². The number of esters is 1. The quantitative estimate of drug-likeness (QED) is 0.781.